The summed E-state index contributed by atoms with van der Waals surface area (Å²) >= 11 is 1.44. The highest BCUT2D eigenvalue weighted by molar-refractivity contribution is 7.10. The molecule has 3 aromatic heterocycles. The van der Waals surface area contributed by atoms with Gasteiger partial charge in [-0.1, -0.05) is 33.8 Å². The highest BCUT2D eigenvalue weighted by Crippen LogP contribution is 2.42. The Hall–Kier alpha value is -4.90. The van der Waals surface area contributed by atoms with E-state index in [4.69, 9.17) is 19.4 Å². The number of hydrazine groups is 1. The van der Waals surface area contributed by atoms with Crippen LogP contribution in [0.4, 0.5) is 4.79 Å². The number of hydrogen-bond donors (Lipinski definition) is 2. The number of carbonyl (C=O) groups is 4. The van der Waals surface area contributed by atoms with Gasteiger partial charge in [0.15, 0.2) is 0 Å². The molecule has 0 aliphatic carbocycles. The Morgan fingerprint density at radius 2 is 1.92 bits per heavy atom. The molecule has 4 amide bonds. The predicted molar refractivity (Wildman–Crippen MR) is 247 cm³/mol. The second-order valence-corrected chi connectivity index (χ2v) is 20.3. The third-order valence-electron chi connectivity index (χ3n) is 13.8. The van der Waals surface area contributed by atoms with Crippen molar-refractivity contribution in [2.24, 2.45) is 17.3 Å². The molecule has 6 atom stereocenters. The van der Waals surface area contributed by atoms with Gasteiger partial charge in [-0.15, -0.1) is 11.3 Å². The zero-order valence-electron chi connectivity index (χ0n) is 38.8. The van der Waals surface area contributed by atoms with Crippen LogP contribution in [0, 0.1) is 17.3 Å². The number of urea groups is 1. The van der Waals surface area contributed by atoms with Gasteiger partial charge in [0.05, 0.1) is 40.8 Å². The van der Waals surface area contributed by atoms with Gasteiger partial charge in [0.1, 0.15) is 18.1 Å². The van der Waals surface area contributed by atoms with E-state index in [1.807, 2.05) is 37.1 Å². The fourth-order valence-corrected chi connectivity index (χ4v) is 11.1. The summed E-state index contributed by atoms with van der Waals surface area (Å²) in [4.78, 5) is 72.6. The first kappa shape index (κ1) is 45.7. The van der Waals surface area contributed by atoms with Crippen LogP contribution < -0.4 is 10.7 Å². The standard InChI is InChI=1S/C48H65N9O6S/c1-10-55-38-16-15-30-21-33(38)34(43(55)32-13-11-18-49-41(32)29(4)62-9)23-48(5,6)27-63-46(60)35-14-12-19-57(52-35)45(59)36(22-40-50-37(30)26-64-40)51-44(58)42(28(2)3)54(8)47(61)56-24-31-17-20-53(7)25-39(31)56/h11,13,15-16,18,21,26,28-29,31,35-36,39,42,52H,10,12,14,17,19-20,22-25,27H2,1-9H3,(H,51,58)/t29-,31?,35-,36-,39?,42?/m0/s1. The van der Waals surface area contributed by atoms with E-state index < -0.39 is 35.4 Å². The number of rotatable bonds is 8. The maximum atomic E-state index is 14.6. The van der Waals surface area contributed by atoms with Crippen molar-refractivity contribution in [3.05, 3.63) is 58.2 Å². The molecular weight excluding hydrogens is 831 g/mol. The quantitative estimate of drug-likeness (QED) is 0.204. The second kappa shape index (κ2) is 18.5. The Labute approximate surface area is 380 Å². The monoisotopic (exact) mass is 895 g/mol. The molecule has 7 heterocycles. The molecule has 2 N–H and O–H groups in total. The van der Waals surface area contributed by atoms with Crippen LogP contribution in [0.2, 0.25) is 0 Å². The number of aromatic nitrogens is 3. The average Bonchev–Trinajstić information content (AvgIpc) is 3.87. The normalized spacial score (nSPS) is 23.8. The third-order valence-corrected chi connectivity index (χ3v) is 14.6. The zero-order chi connectivity index (χ0) is 45.6. The largest absolute Gasteiger partial charge is 0.464 e. The van der Waals surface area contributed by atoms with Crippen molar-refractivity contribution in [1.29, 1.82) is 0 Å². The number of fused-ring (bicyclic) bond motifs is 7. The van der Waals surface area contributed by atoms with Crippen LogP contribution in [0.15, 0.2) is 41.9 Å². The van der Waals surface area contributed by atoms with E-state index in [1.165, 1.54) is 16.3 Å². The van der Waals surface area contributed by atoms with Gasteiger partial charge < -0.3 is 34.1 Å². The number of esters is 1. The fourth-order valence-electron chi connectivity index (χ4n) is 10.2. The summed E-state index contributed by atoms with van der Waals surface area (Å²) in [6.45, 7) is 15.9. The van der Waals surface area contributed by atoms with Crippen LogP contribution in [-0.4, -0.2) is 136 Å². The Morgan fingerprint density at radius 1 is 1.12 bits per heavy atom. The lowest BCUT2D eigenvalue weighted by Crippen LogP contribution is -2.68. The van der Waals surface area contributed by atoms with E-state index in [2.05, 4.69) is 72.3 Å². The molecule has 1 aromatic carbocycles. The number of nitrogens with one attached hydrogen (secondary N) is 2. The highest BCUT2D eigenvalue weighted by atomic mass is 32.1. The zero-order valence-corrected chi connectivity index (χ0v) is 39.7. The highest BCUT2D eigenvalue weighted by Gasteiger charge is 2.47. The SMILES string of the molecule is CCn1c(-c2cccnc2[C@H](C)OC)c2c3cc(ccc31)-c1csc(n1)C[C@H](NC(=O)C(C(C)C)N(C)C(=O)N1CC3CCN(C)CC31)C(=O)N1CCC[C@H](N1)C(=O)OCC(C)(C)C2. The van der Waals surface area contributed by atoms with Crippen molar-refractivity contribution < 1.29 is 28.7 Å². The molecule has 0 saturated carbocycles. The number of likely N-dealkylation sites (N-methyl/N-ethyl adjacent to an activating group) is 2. The number of thiazole rings is 1. The number of ether oxygens (including phenoxy) is 2. The molecule has 3 saturated heterocycles. The molecule has 4 aliphatic heterocycles. The summed E-state index contributed by atoms with van der Waals surface area (Å²) in [6.07, 6.45) is 4.38. The van der Waals surface area contributed by atoms with Crippen molar-refractivity contribution in [2.45, 2.75) is 110 Å². The topological polar surface area (TPSA) is 154 Å². The molecule has 0 radical (unpaired) electrons. The number of amides is 4. The molecule has 4 aromatic rings. The number of hydrogen-bond acceptors (Lipinski definition) is 11. The molecule has 3 fully saturated rings. The van der Waals surface area contributed by atoms with Crippen molar-refractivity contribution in [3.8, 4) is 22.5 Å². The first-order valence-corrected chi connectivity index (χ1v) is 23.8. The minimum Gasteiger partial charge on any atom is -0.464 e. The lowest BCUT2D eigenvalue weighted by molar-refractivity contribution is -0.155. The average molecular weight is 896 g/mol. The van der Waals surface area contributed by atoms with E-state index in [-0.39, 0.29) is 43.0 Å². The minimum absolute atomic E-state index is 0.118. The van der Waals surface area contributed by atoms with Crippen molar-refractivity contribution in [1.82, 2.24) is 45.0 Å². The molecular formula is C48H65N9O6S. The molecule has 3 unspecified atom stereocenters. The Morgan fingerprint density at radius 3 is 2.67 bits per heavy atom. The molecule has 64 heavy (non-hydrogen) atoms. The van der Waals surface area contributed by atoms with E-state index in [9.17, 15) is 19.2 Å². The van der Waals surface area contributed by atoms with Gasteiger partial charge >= 0.3 is 12.0 Å². The smallest absolute Gasteiger partial charge is 0.324 e. The van der Waals surface area contributed by atoms with Crippen molar-refractivity contribution in [3.63, 3.8) is 0 Å². The summed E-state index contributed by atoms with van der Waals surface area (Å²) in [6, 6.07) is 7.81. The van der Waals surface area contributed by atoms with Gasteiger partial charge in [-0.05, 0) is 94.8 Å². The van der Waals surface area contributed by atoms with Crippen molar-refractivity contribution >= 4 is 46.1 Å². The van der Waals surface area contributed by atoms with Crippen LogP contribution in [-0.2, 0) is 43.2 Å². The van der Waals surface area contributed by atoms with Gasteiger partial charge in [0.25, 0.3) is 5.91 Å². The number of benzene rings is 1. The molecule has 0 spiro atoms. The number of aryl methyl sites for hydroxylation is 1. The summed E-state index contributed by atoms with van der Waals surface area (Å²) in [5.74, 6) is -0.999. The summed E-state index contributed by atoms with van der Waals surface area (Å²) < 4.78 is 14.3. The molecule has 6 bridgehead atoms. The fraction of sp³-hybridized carbons (Fsp3) is 0.583. The van der Waals surface area contributed by atoms with Crippen LogP contribution in [0.5, 0.6) is 0 Å². The van der Waals surface area contributed by atoms with E-state index in [0.717, 1.165) is 64.2 Å². The Bertz CT molecular complexity index is 2390. The first-order chi connectivity index (χ1) is 30.6. The molecule has 344 valence electrons. The number of likely N-dealkylation sites (tertiary alicyclic amines) is 2. The maximum absolute atomic E-state index is 14.6. The van der Waals surface area contributed by atoms with Crippen molar-refractivity contribution in [2.75, 3.05) is 54.0 Å². The van der Waals surface area contributed by atoms with Gasteiger partial charge in [0.2, 0.25) is 5.91 Å². The Kier molecular flexibility index (Phi) is 13.2. The number of nitrogens with zero attached hydrogens (tertiary/aromatic N) is 7. The number of cyclic esters (lactones) is 1. The molecule has 15 nitrogen and oxygen atoms in total. The minimum atomic E-state index is -1.03. The van der Waals surface area contributed by atoms with Crippen LogP contribution in [0.25, 0.3) is 33.4 Å². The summed E-state index contributed by atoms with van der Waals surface area (Å²) in [5.41, 5.74) is 9.43. The van der Waals surface area contributed by atoms with Gasteiger partial charge in [-0.3, -0.25) is 24.4 Å². The lowest BCUT2D eigenvalue weighted by atomic mass is 9.82. The van der Waals surface area contributed by atoms with Gasteiger partial charge in [-0.25, -0.2) is 15.2 Å². The summed E-state index contributed by atoms with van der Waals surface area (Å²) in [7, 11) is 5.45. The molecule has 16 heteroatoms. The third kappa shape index (κ3) is 8.90. The maximum Gasteiger partial charge on any atom is 0.324 e. The number of piperidine rings is 1. The van der Waals surface area contributed by atoms with Crippen LogP contribution in [0.3, 0.4) is 0 Å². The van der Waals surface area contributed by atoms with E-state index >= 15 is 0 Å². The first-order valence-electron chi connectivity index (χ1n) is 22.9. The van der Waals surface area contributed by atoms with Gasteiger partial charge in [-0.2, -0.15) is 0 Å². The molecule has 4 aliphatic rings. The second-order valence-electron chi connectivity index (χ2n) is 19.4. The van der Waals surface area contributed by atoms with Crippen LogP contribution in [0.1, 0.15) is 83.2 Å². The lowest BCUT2D eigenvalue weighted by Gasteiger charge is -2.54. The van der Waals surface area contributed by atoms with Crippen LogP contribution >= 0.6 is 11.3 Å². The molecule has 8 rings (SSSR count). The predicted octanol–water partition coefficient (Wildman–Crippen LogP) is 5.91. The number of pyridine rings is 1. The van der Waals surface area contributed by atoms with E-state index in [0.29, 0.717) is 49.8 Å². The summed E-state index contributed by atoms with van der Waals surface area (Å²) in [5, 5.41) is 8.27. The number of methoxy groups -OCH3 is 1. The van der Waals surface area contributed by atoms with Gasteiger partial charge in [0, 0.05) is 85.8 Å². The number of carbonyl (C=O) groups excluding carboxylic acids is 4. The Balaban J connectivity index is 1.16. The van der Waals surface area contributed by atoms with E-state index in [1.54, 1.807) is 25.3 Å².